The average molecular weight is 456 g/mol. The Hall–Kier alpha value is -2.23. The van der Waals surface area contributed by atoms with Crippen LogP contribution in [-0.4, -0.2) is 13.4 Å². The Balaban J connectivity index is 1.66. The van der Waals surface area contributed by atoms with Crippen molar-refractivity contribution in [2.75, 3.05) is 10.0 Å². The molecule has 1 aromatic heterocycles. The maximum atomic E-state index is 14.7. The van der Waals surface area contributed by atoms with Crippen LogP contribution in [0.4, 0.5) is 19.6 Å². The summed E-state index contributed by atoms with van der Waals surface area (Å²) in [7, 11) is -4.20. The summed E-state index contributed by atoms with van der Waals surface area (Å²) in [6.45, 7) is 0. The fourth-order valence-electron chi connectivity index (χ4n) is 3.37. The van der Waals surface area contributed by atoms with Crippen LogP contribution >= 0.6 is 22.9 Å². The Morgan fingerprint density at radius 3 is 2.52 bits per heavy atom. The zero-order valence-electron chi connectivity index (χ0n) is 15.0. The minimum absolute atomic E-state index is 0.0218. The number of benzene rings is 2. The molecule has 152 valence electrons. The lowest BCUT2D eigenvalue weighted by Gasteiger charge is -2.44. The van der Waals surface area contributed by atoms with Gasteiger partial charge in [-0.2, -0.15) is 0 Å². The molecule has 5 nitrogen and oxygen atoms in total. The summed E-state index contributed by atoms with van der Waals surface area (Å²) in [5.41, 5.74) is -0.0220. The maximum absolute atomic E-state index is 14.7. The van der Waals surface area contributed by atoms with Gasteiger partial charge in [-0.05, 0) is 37.5 Å². The Morgan fingerprint density at radius 2 is 1.90 bits per heavy atom. The molecule has 1 saturated carbocycles. The van der Waals surface area contributed by atoms with Crippen molar-refractivity contribution >= 4 is 43.8 Å². The van der Waals surface area contributed by atoms with Gasteiger partial charge in [0.2, 0.25) is 0 Å². The van der Waals surface area contributed by atoms with Crippen molar-refractivity contribution in [2.24, 2.45) is 0 Å². The highest BCUT2D eigenvalue weighted by molar-refractivity contribution is 7.93. The highest BCUT2D eigenvalue weighted by Crippen LogP contribution is 2.46. The third-order valence-corrected chi connectivity index (χ3v) is 7.42. The third kappa shape index (κ3) is 3.82. The van der Waals surface area contributed by atoms with Crippen molar-refractivity contribution in [3.63, 3.8) is 0 Å². The van der Waals surface area contributed by atoms with Gasteiger partial charge in [0.15, 0.2) is 5.13 Å². The Morgan fingerprint density at radius 1 is 1.14 bits per heavy atom. The summed E-state index contributed by atoms with van der Waals surface area (Å²) in [6, 6.07) is 8.47. The molecule has 29 heavy (non-hydrogen) atoms. The van der Waals surface area contributed by atoms with Gasteiger partial charge < -0.3 is 5.32 Å². The van der Waals surface area contributed by atoms with Crippen molar-refractivity contribution in [3.05, 3.63) is 70.2 Å². The van der Waals surface area contributed by atoms with Crippen LogP contribution in [0.25, 0.3) is 0 Å². The van der Waals surface area contributed by atoms with Gasteiger partial charge in [0.25, 0.3) is 10.0 Å². The van der Waals surface area contributed by atoms with E-state index in [2.05, 4.69) is 15.0 Å². The van der Waals surface area contributed by atoms with E-state index in [1.165, 1.54) is 12.3 Å². The molecule has 0 spiro atoms. The number of aromatic nitrogens is 1. The van der Waals surface area contributed by atoms with E-state index in [1.807, 2.05) is 0 Å². The molecule has 2 N–H and O–H groups in total. The van der Waals surface area contributed by atoms with Gasteiger partial charge in [-0.25, -0.2) is 22.2 Å². The molecule has 1 heterocycles. The summed E-state index contributed by atoms with van der Waals surface area (Å²) in [5, 5.41) is 4.88. The number of halogens is 3. The second-order valence-corrected chi connectivity index (χ2v) is 9.70. The fraction of sp³-hybridized carbons (Fsp3) is 0.211. The predicted octanol–water partition coefficient (Wildman–Crippen LogP) is 5.37. The SMILES string of the molecule is O=S(=O)(Nc1nccs1)c1cc(Cl)c(NC2(c3ccccc3F)CCC2)cc1F. The summed E-state index contributed by atoms with van der Waals surface area (Å²) < 4.78 is 56.3. The monoisotopic (exact) mass is 455 g/mol. The first kappa shape index (κ1) is 20.1. The molecule has 4 rings (SSSR count). The molecule has 0 bridgehead atoms. The highest BCUT2D eigenvalue weighted by atomic mass is 35.5. The van der Waals surface area contributed by atoms with Crippen molar-refractivity contribution in [1.29, 1.82) is 0 Å². The summed E-state index contributed by atoms with van der Waals surface area (Å²) in [6.07, 6.45) is 3.61. The second-order valence-electron chi connectivity index (χ2n) is 6.75. The smallest absolute Gasteiger partial charge is 0.266 e. The first-order valence-electron chi connectivity index (χ1n) is 8.75. The number of nitrogens with one attached hydrogen (secondary N) is 2. The zero-order valence-corrected chi connectivity index (χ0v) is 17.3. The van der Waals surface area contributed by atoms with Crippen LogP contribution < -0.4 is 10.0 Å². The molecule has 0 amide bonds. The molecule has 1 aliphatic rings. The fourth-order valence-corrected chi connectivity index (χ4v) is 5.52. The van der Waals surface area contributed by atoms with Crippen LogP contribution in [0.2, 0.25) is 5.02 Å². The average Bonchev–Trinajstić information content (AvgIpc) is 3.13. The van der Waals surface area contributed by atoms with Gasteiger partial charge >= 0.3 is 0 Å². The lowest BCUT2D eigenvalue weighted by molar-refractivity contribution is 0.275. The van der Waals surface area contributed by atoms with E-state index in [4.69, 9.17) is 11.6 Å². The van der Waals surface area contributed by atoms with E-state index in [-0.39, 0.29) is 21.7 Å². The number of anilines is 2. The van der Waals surface area contributed by atoms with Crippen LogP contribution in [0.15, 0.2) is 52.9 Å². The number of sulfonamides is 1. The van der Waals surface area contributed by atoms with Crippen LogP contribution in [0.1, 0.15) is 24.8 Å². The molecule has 0 radical (unpaired) electrons. The molecule has 0 atom stereocenters. The van der Waals surface area contributed by atoms with Gasteiger partial charge in [-0.3, -0.25) is 4.72 Å². The van der Waals surface area contributed by atoms with Gasteiger partial charge in [-0.1, -0.05) is 29.8 Å². The summed E-state index contributed by atoms with van der Waals surface area (Å²) in [5.74, 6) is -1.33. The second kappa shape index (κ2) is 7.55. The predicted molar refractivity (Wildman–Crippen MR) is 110 cm³/mol. The van der Waals surface area contributed by atoms with E-state index < -0.39 is 26.3 Å². The molecule has 1 fully saturated rings. The van der Waals surface area contributed by atoms with Gasteiger partial charge in [0.05, 0.1) is 16.2 Å². The standard InChI is InChI=1S/C19H16ClF2N3O2S2/c20-13-10-17(29(26,27)25-18-23-8-9-28-18)15(22)11-16(13)24-19(6-3-7-19)12-4-1-2-5-14(12)21/h1-2,4-5,8-11,24H,3,6-7H2,(H,23,25). The minimum Gasteiger partial charge on any atom is -0.374 e. The Kier molecular flexibility index (Phi) is 5.22. The minimum atomic E-state index is -4.20. The lowest BCUT2D eigenvalue weighted by atomic mass is 9.71. The Bertz CT molecular complexity index is 1150. The van der Waals surface area contributed by atoms with Crippen molar-refractivity contribution in [2.45, 2.75) is 29.7 Å². The number of hydrogen-bond acceptors (Lipinski definition) is 5. The van der Waals surface area contributed by atoms with Gasteiger partial charge in [0.1, 0.15) is 16.5 Å². The van der Waals surface area contributed by atoms with Gasteiger partial charge in [0, 0.05) is 17.1 Å². The van der Waals surface area contributed by atoms with Crippen molar-refractivity contribution < 1.29 is 17.2 Å². The van der Waals surface area contributed by atoms with Crippen molar-refractivity contribution in [1.82, 2.24) is 4.98 Å². The maximum Gasteiger partial charge on any atom is 0.266 e. The summed E-state index contributed by atoms with van der Waals surface area (Å²) >= 11 is 7.35. The first-order chi connectivity index (χ1) is 13.8. The molecule has 3 aromatic rings. The molecule has 0 saturated heterocycles. The third-order valence-electron chi connectivity index (χ3n) is 4.94. The van der Waals surface area contributed by atoms with Gasteiger partial charge in [-0.15, -0.1) is 11.3 Å². The zero-order chi connectivity index (χ0) is 20.6. The quantitative estimate of drug-likeness (QED) is 0.524. The molecule has 1 aliphatic carbocycles. The molecule has 0 aliphatic heterocycles. The van der Waals surface area contributed by atoms with Crippen LogP contribution in [-0.2, 0) is 15.6 Å². The largest absolute Gasteiger partial charge is 0.374 e. The van der Waals surface area contributed by atoms with Crippen LogP contribution in [0, 0.1) is 11.6 Å². The van der Waals surface area contributed by atoms with Crippen LogP contribution in [0.3, 0.4) is 0 Å². The van der Waals surface area contributed by atoms with Crippen LogP contribution in [0.5, 0.6) is 0 Å². The lowest BCUT2D eigenvalue weighted by Crippen LogP contribution is -2.43. The van der Waals surface area contributed by atoms with E-state index in [1.54, 1.807) is 23.6 Å². The molecular formula is C19H16ClF2N3O2S2. The normalized spacial score (nSPS) is 15.6. The number of hydrogen-bond donors (Lipinski definition) is 2. The Labute approximate surface area is 175 Å². The molecule has 10 heteroatoms. The highest BCUT2D eigenvalue weighted by Gasteiger charge is 2.41. The topological polar surface area (TPSA) is 71.1 Å². The van der Waals surface area contributed by atoms with E-state index in [9.17, 15) is 17.2 Å². The van der Waals surface area contributed by atoms with E-state index in [0.29, 0.717) is 18.4 Å². The number of rotatable bonds is 6. The molecular weight excluding hydrogens is 440 g/mol. The van der Waals surface area contributed by atoms with E-state index >= 15 is 0 Å². The summed E-state index contributed by atoms with van der Waals surface area (Å²) in [4.78, 5) is 3.24. The first-order valence-corrected chi connectivity index (χ1v) is 11.5. The molecule has 0 unspecified atom stereocenters. The van der Waals surface area contributed by atoms with E-state index in [0.717, 1.165) is 29.9 Å². The molecule has 2 aromatic carbocycles. The van der Waals surface area contributed by atoms with Crippen molar-refractivity contribution in [3.8, 4) is 0 Å². The number of nitrogens with zero attached hydrogens (tertiary/aromatic N) is 1. The number of thiazole rings is 1.